The summed E-state index contributed by atoms with van der Waals surface area (Å²) in [4.78, 5) is 3.65. The molecule has 1 rings (SSSR count). The molecule has 1 aromatic heterocycles. The quantitative estimate of drug-likeness (QED) is 0.561. The highest BCUT2D eigenvalue weighted by Gasteiger charge is 2.31. The first-order valence-corrected chi connectivity index (χ1v) is 4.82. The molecule has 0 saturated heterocycles. The predicted octanol–water partition coefficient (Wildman–Crippen LogP) is 3.35. The first-order chi connectivity index (χ1) is 5.88. The second-order valence-corrected chi connectivity index (χ2v) is 3.90. The number of aromatic nitrogens is 1. The van der Waals surface area contributed by atoms with Crippen molar-refractivity contribution < 1.29 is 17.9 Å². The molecular formula is C6H2BrF3INO. The lowest BCUT2D eigenvalue weighted by molar-refractivity contribution is -0.274. The van der Waals surface area contributed by atoms with Crippen molar-refractivity contribution in [1.82, 2.24) is 4.98 Å². The highest BCUT2D eigenvalue weighted by Crippen LogP contribution is 2.26. The molecule has 0 N–H and O–H groups in total. The van der Waals surface area contributed by atoms with E-state index in [9.17, 15) is 13.2 Å². The smallest absolute Gasteiger partial charge is 0.404 e. The van der Waals surface area contributed by atoms with Gasteiger partial charge >= 0.3 is 6.36 Å². The normalized spacial score (nSPS) is 11.5. The third kappa shape index (κ3) is 3.67. The Hall–Kier alpha value is -0.0500. The van der Waals surface area contributed by atoms with Gasteiger partial charge < -0.3 is 4.74 Å². The van der Waals surface area contributed by atoms with Crippen LogP contribution in [-0.2, 0) is 0 Å². The molecule has 0 spiro atoms. The summed E-state index contributed by atoms with van der Waals surface area (Å²) in [6.45, 7) is 0. The minimum atomic E-state index is -4.67. The van der Waals surface area contributed by atoms with E-state index in [0.29, 0.717) is 8.17 Å². The minimum Gasteiger partial charge on any atom is -0.404 e. The average Bonchev–Trinajstić information content (AvgIpc) is 1.94. The number of alkyl halides is 3. The molecule has 0 saturated carbocycles. The minimum absolute atomic E-state index is 0.319. The van der Waals surface area contributed by atoms with Gasteiger partial charge in [0.15, 0.2) is 0 Å². The zero-order valence-electron chi connectivity index (χ0n) is 5.90. The van der Waals surface area contributed by atoms with E-state index in [1.54, 1.807) is 0 Å². The second-order valence-electron chi connectivity index (χ2n) is 1.99. The van der Waals surface area contributed by atoms with E-state index < -0.39 is 6.36 Å². The van der Waals surface area contributed by atoms with Crippen molar-refractivity contribution in [2.45, 2.75) is 6.36 Å². The van der Waals surface area contributed by atoms with Crippen molar-refractivity contribution in [1.29, 1.82) is 0 Å². The van der Waals surface area contributed by atoms with Gasteiger partial charge in [0.1, 0.15) is 10.4 Å². The molecule has 0 radical (unpaired) electrons. The number of pyridine rings is 1. The molecule has 0 unspecified atom stereocenters. The molecule has 1 aromatic rings. The summed E-state index contributed by atoms with van der Waals surface area (Å²) in [5.41, 5.74) is 0. The molecule has 2 nitrogen and oxygen atoms in total. The maximum absolute atomic E-state index is 11.7. The Morgan fingerprint density at radius 3 is 2.54 bits per heavy atom. The first kappa shape index (κ1) is 11.0. The van der Waals surface area contributed by atoms with Crippen LogP contribution in [0.3, 0.4) is 0 Å². The van der Waals surface area contributed by atoms with E-state index >= 15 is 0 Å². The lowest BCUT2D eigenvalue weighted by Gasteiger charge is -2.08. The topological polar surface area (TPSA) is 22.1 Å². The standard InChI is InChI=1S/C6H2BrF3INO/c7-5-4(11)1-3(2-12-5)13-6(8,9)10/h1-2H. The van der Waals surface area contributed by atoms with Crippen LogP contribution in [0.1, 0.15) is 0 Å². The zero-order valence-corrected chi connectivity index (χ0v) is 9.64. The predicted molar refractivity (Wildman–Crippen MR) is 51.3 cm³/mol. The molecule has 0 atom stereocenters. The van der Waals surface area contributed by atoms with Gasteiger partial charge in [0.2, 0.25) is 0 Å². The summed E-state index contributed by atoms with van der Waals surface area (Å²) in [5, 5.41) is 0. The molecule has 0 aromatic carbocycles. The van der Waals surface area contributed by atoms with Gasteiger partial charge in [-0.1, -0.05) is 0 Å². The number of ether oxygens (including phenoxy) is 1. The van der Waals surface area contributed by atoms with Gasteiger partial charge in [0, 0.05) is 3.57 Å². The molecule has 0 fully saturated rings. The Labute approximate surface area is 93.8 Å². The van der Waals surface area contributed by atoms with Crippen molar-refractivity contribution in [2.75, 3.05) is 0 Å². The third-order valence-corrected chi connectivity index (χ3v) is 3.20. The van der Waals surface area contributed by atoms with Gasteiger partial charge in [-0.05, 0) is 44.6 Å². The number of nitrogens with zero attached hydrogens (tertiary/aromatic N) is 1. The van der Waals surface area contributed by atoms with Crippen LogP contribution in [0.25, 0.3) is 0 Å². The van der Waals surface area contributed by atoms with Gasteiger partial charge in [-0.2, -0.15) is 0 Å². The highest BCUT2D eigenvalue weighted by molar-refractivity contribution is 14.1. The summed E-state index contributed by atoms with van der Waals surface area (Å²) in [5.74, 6) is -0.319. The van der Waals surface area contributed by atoms with Crippen molar-refractivity contribution in [3.63, 3.8) is 0 Å². The molecule has 72 valence electrons. The van der Waals surface area contributed by atoms with E-state index in [1.165, 1.54) is 6.07 Å². The maximum Gasteiger partial charge on any atom is 0.573 e. The van der Waals surface area contributed by atoms with Crippen LogP contribution in [0.5, 0.6) is 5.75 Å². The fourth-order valence-corrected chi connectivity index (χ4v) is 1.26. The van der Waals surface area contributed by atoms with Gasteiger partial charge in [-0.25, -0.2) is 4.98 Å². The van der Waals surface area contributed by atoms with Crippen LogP contribution in [0.15, 0.2) is 16.9 Å². The molecule has 1 heterocycles. The van der Waals surface area contributed by atoms with Crippen molar-refractivity contribution >= 4 is 38.5 Å². The summed E-state index contributed by atoms with van der Waals surface area (Å²) in [6, 6.07) is 1.24. The number of hydrogen-bond acceptors (Lipinski definition) is 2. The van der Waals surface area contributed by atoms with Crippen LogP contribution in [0.2, 0.25) is 0 Å². The first-order valence-electron chi connectivity index (χ1n) is 2.95. The highest BCUT2D eigenvalue weighted by atomic mass is 127. The van der Waals surface area contributed by atoms with E-state index in [-0.39, 0.29) is 5.75 Å². The molecule has 0 amide bonds. The number of rotatable bonds is 1. The van der Waals surface area contributed by atoms with Crippen LogP contribution in [0, 0.1) is 3.57 Å². The second kappa shape index (κ2) is 3.99. The van der Waals surface area contributed by atoms with E-state index in [0.717, 1.165) is 6.20 Å². The third-order valence-electron chi connectivity index (χ3n) is 1.00. The molecule has 0 aliphatic rings. The number of halogens is 5. The molecule has 7 heteroatoms. The Morgan fingerprint density at radius 1 is 1.46 bits per heavy atom. The Balaban J connectivity index is 2.86. The van der Waals surface area contributed by atoms with Crippen molar-refractivity contribution in [2.24, 2.45) is 0 Å². The number of hydrogen-bond donors (Lipinski definition) is 0. The fraction of sp³-hybridized carbons (Fsp3) is 0.167. The van der Waals surface area contributed by atoms with Crippen LogP contribution < -0.4 is 4.74 Å². The molecule has 0 bridgehead atoms. The van der Waals surface area contributed by atoms with Gasteiger partial charge in [0.25, 0.3) is 0 Å². The monoisotopic (exact) mass is 367 g/mol. The van der Waals surface area contributed by atoms with Gasteiger partial charge in [0.05, 0.1) is 6.20 Å². The largest absolute Gasteiger partial charge is 0.573 e. The Kier molecular flexibility index (Phi) is 3.38. The Morgan fingerprint density at radius 2 is 2.08 bits per heavy atom. The molecule has 0 aliphatic carbocycles. The lowest BCUT2D eigenvalue weighted by atomic mass is 10.5. The van der Waals surface area contributed by atoms with E-state index in [4.69, 9.17) is 0 Å². The summed E-state index contributed by atoms with van der Waals surface area (Å²) in [6.07, 6.45) is -3.67. The summed E-state index contributed by atoms with van der Waals surface area (Å²) >= 11 is 4.90. The molecule has 13 heavy (non-hydrogen) atoms. The molecular weight excluding hydrogens is 366 g/mol. The van der Waals surface area contributed by atoms with Crippen LogP contribution >= 0.6 is 38.5 Å². The van der Waals surface area contributed by atoms with E-state index in [1.807, 2.05) is 22.6 Å². The molecule has 0 aliphatic heterocycles. The SMILES string of the molecule is FC(F)(F)Oc1cnc(Br)c(I)c1. The fourth-order valence-electron chi connectivity index (χ4n) is 0.593. The van der Waals surface area contributed by atoms with Crippen LogP contribution in [0.4, 0.5) is 13.2 Å². The van der Waals surface area contributed by atoms with Gasteiger partial charge in [-0.15, -0.1) is 13.2 Å². The average molecular weight is 368 g/mol. The lowest BCUT2D eigenvalue weighted by Crippen LogP contribution is -2.17. The zero-order chi connectivity index (χ0) is 10.1. The summed E-state index contributed by atoms with van der Waals surface area (Å²) in [7, 11) is 0. The Bertz CT molecular complexity index is 317. The summed E-state index contributed by atoms with van der Waals surface area (Å²) < 4.78 is 39.8. The van der Waals surface area contributed by atoms with Gasteiger partial charge in [-0.3, -0.25) is 0 Å². The van der Waals surface area contributed by atoms with Crippen LogP contribution in [-0.4, -0.2) is 11.3 Å². The van der Waals surface area contributed by atoms with Crippen molar-refractivity contribution in [3.8, 4) is 5.75 Å². The van der Waals surface area contributed by atoms with Crippen molar-refractivity contribution in [3.05, 3.63) is 20.4 Å². The van der Waals surface area contributed by atoms with E-state index in [2.05, 4.69) is 25.7 Å². The maximum atomic E-state index is 11.7.